The zero-order chi connectivity index (χ0) is 20.2. The molecule has 0 saturated carbocycles. The summed E-state index contributed by atoms with van der Waals surface area (Å²) in [6.45, 7) is 0. The quantitative estimate of drug-likeness (QED) is 0.741. The van der Waals surface area contributed by atoms with E-state index in [2.05, 4.69) is 20.3 Å². The van der Waals surface area contributed by atoms with Crippen LogP contribution in [0, 0.1) is 0 Å². The van der Waals surface area contributed by atoms with Crippen molar-refractivity contribution in [3.8, 4) is 0 Å². The highest BCUT2D eigenvalue weighted by Gasteiger charge is 2.34. The normalized spacial score (nSPS) is 11.3. The van der Waals surface area contributed by atoms with Crippen molar-refractivity contribution in [2.75, 3.05) is 35.8 Å². The number of anilines is 3. The average molecular weight is 421 g/mol. The van der Waals surface area contributed by atoms with Crippen molar-refractivity contribution in [2.24, 2.45) is 0 Å². The number of alkyl halides is 3. The number of benzene rings is 1. The summed E-state index contributed by atoms with van der Waals surface area (Å²) < 4.78 is 39.1. The lowest BCUT2D eigenvalue weighted by molar-refractivity contribution is -0.137. The van der Waals surface area contributed by atoms with Gasteiger partial charge < -0.3 is 16.0 Å². The maximum absolute atomic E-state index is 13.0. The third-order valence-corrected chi connectivity index (χ3v) is 4.38. The number of rotatable bonds is 6. The van der Waals surface area contributed by atoms with Crippen LogP contribution in [0.25, 0.3) is 0 Å². The first kappa shape index (κ1) is 21.0. The van der Waals surface area contributed by atoms with E-state index >= 15 is 0 Å². The molecule has 12 heteroatoms. The smallest absolute Gasteiger partial charge is 0.368 e. The van der Waals surface area contributed by atoms with Crippen LogP contribution in [0.5, 0.6) is 0 Å². The lowest BCUT2D eigenvalue weighted by Gasteiger charge is -2.15. The molecule has 2 aromatic rings. The Balaban J connectivity index is 2.00. The summed E-state index contributed by atoms with van der Waals surface area (Å²) in [6, 6.07) is 3.30. The fraction of sp³-hybridized carbons (Fsp3) is 0.333. The van der Waals surface area contributed by atoms with Gasteiger partial charge >= 0.3 is 6.18 Å². The number of hydrogen-bond donors (Lipinski definition) is 2. The summed E-state index contributed by atoms with van der Waals surface area (Å²) in [5.41, 5.74) is 4.14. The van der Waals surface area contributed by atoms with Crippen molar-refractivity contribution in [3.63, 3.8) is 0 Å². The van der Waals surface area contributed by atoms with E-state index in [0.29, 0.717) is 11.8 Å². The molecule has 0 bridgehead atoms. The highest BCUT2D eigenvalue weighted by atomic mass is 35.5. The van der Waals surface area contributed by atoms with E-state index in [1.165, 1.54) is 12.1 Å². The number of para-hydroxylation sites is 1. The number of hydrogen-bond acceptors (Lipinski definition) is 7. The van der Waals surface area contributed by atoms with Crippen molar-refractivity contribution >= 4 is 46.9 Å². The summed E-state index contributed by atoms with van der Waals surface area (Å²) in [7, 11) is 3.47. The lowest BCUT2D eigenvalue weighted by atomic mass is 10.1. The third kappa shape index (κ3) is 5.86. The van der Waals surface area contributed by atoms with E-state index in [9.17, 15) is 18.0 Å². The van der Waals surface area contributed by atoms with Gasteiger partial charge in [-0.1, -0.05) is 17.7 Å². The molecule has 0 spiro atoms. The number of nitrogen functional groups attached to an aromatic ring is 1. The second-order valence-corrected chi connectivity index (χ2v) is 6.90. The summed E-state index contributed by atoms with van der Waals surface area (Å²) in [5, 5.41) is 2.02. The molecular weight excluding hydrogens is 405 g/mol. The van der Waals surface area contributed by atoms with Crippen LogP contribution >= 0.6 is 23.4 Å². The van der Waals surface area contributed by atoms with Gasteiger partial charge in [-0.2, -0.15) is 28.1 Å². The SMILES string of the molecule is CN(C)c1nc(N)nc(CSCC(=O)Nc2c(Cl)cccc2C(F)(F)F)n1. The molecule has 7 nitrogen and oxygen atoms in total. The Morgan fingerprint density at radius 3 is 2.63 bits per heavy atom. The monoisotopic (exact) mass is 420 g/mol. The Labute approximate surface area is 162 Å². The minimum absolute atomic E-state index is 0.0413. The van der Waals surface area contributed by atoms with E-state index < -0.39 is 23.3 Å². The number of carbonyl (C=O) groups is 1. The highest BCUT2D eigenvalue weighted by Crippen LogP contribution is 2.38. The van der Waals surface area contributed by atoms with Crippen LogP contribution in [0.1, 0.15) is 11.4 Å². The van der Waals surface area contributed by atoms with Gasteiger partial charge in [-0.05, 0) is 12.1 Å². The summed E-state index contributed by atoms with van der Waals surface area (Å²) in [4.78, 5) is 25.8. The molecule has 0 radical (unpaired) electrons. The van der Waals surface area contributed by atoms with Crippen LogP contribution in [0.15, 0.2) is 18.2 Å². The summed E-state index contributed by atoms with van der Waals surface area (Å²) >= 11 is 6.93. The van der Waals surface area contributed by atoms with Gasteiger partial charge in [-0.25, -0.2) is 0 Å². The topological polar surface area (TPSA) is 97.0 Å². The standard InChI is InChI=1S/C15H16ClF3N6OS/c1-25(2)14-22-10(21-13(20)24-14)6-27-7-11(26)23-12-8(15(17,18)19)4-3-5-9(12)16/h3-5H,6-7H2,1-2H3,(H,23,26)(H2,20,21,22,24). The predicted molar refractivity (Wildman–Crippen MR) is 99.8 cm³/mol. The largest absolute Gasteiger partial charge is 0.418 e. The van der Waals surface area contributed by atoms with Crippen LogP contribution in [0.2, 0.25) is 5.02 Å². The molecule has 0 aliphatic rings. The Hall–Kier alpha value is -2.27. The number of halogens is 4. The minimum Gasteiger partial charge on any atom is -0.368 e. The second kappa shape index (κ2) is 8.61. The van der Waals surface area contributed by atoms with Crippen LogP contribution in [0.4, 0.5) is 30.8 Å². The molecule has 0 fully saturated rings. The van der Waals surface area contributed by atoms with E-state index in [4.69, 9.17) is 17.3 Å². The van der Waals surface area contributed by atoms with Crippen molar-refractivity contribution in [1.29, 1.82) is 0 Å². The van der Waals surface area contributed by atoms with Gasteiger partial charge in [0, 0.05) is 14.1 Å². The predicted octanol–water partition coefficient (Wildman–Crippen LogP) is 3.06. The lowest BCUT2D eigenvalue weighted by Crippen LogP contribution is -2.19. The van der Waals surface area contributed by atoms with Crippen LogP contribution in [0.3, 0.4) is 0 Å². The molecule has 0 unspecified atom stereocenters. The zero-order valence-electron chi connectivity index (χ0n) is 14.3. The molecule has 3 N–H and O–H groups in total. The second-order valence-electron chi connectivity index (χ2n) is 5.51. The molecule has 0 aliphatic carbocycles. The van der Waals surface area contributed by atoms with Crippen LogP contribution in [-0.2, 0) is 16.7 Å². The van der Waals surface area contributed by atoms with Gasteiger partial charge in [0.25, 0.3) is 0 Å². The molecular formula is C15H16ClF3N6OS. The number of thioether (sulfide) groups is 1. The minimum atomic E-state index is -4.63. The first-order valence-electron chi connectivity index (χ1n) is 7.49. The molecule has 0 aliphatic heterocycles. The van der Waals surface area contributed by atoms with E-state index in [-0.39, 0.29) is 22.5 Å². The first-order chi connectivity index (χ1) is 12.6. The number of nitrogens with two attached hydrogens (primary N) is 1. The molecule has 1 aromatic carbocycles. The number of carbonyl (C=O) groups excluding carboxylic acids is 1. The van der Waals surface area contributed by atoms with Crippen molar-refractivity contribution in [1.82, 2.24) is 15.0 Å². The van der Waals surface area contributed by atoms with Gasteiger partial charge in [-0.3, -0.25) is 4.79 Å². The third-order valence-electron chi connectivity index (χ3n) is 3.13. The molecule has 1 heterocycles. The van der Waals surface area contributed by atoms with Gasteiger partial charge in [0.05, 0.1) is 27.8 Å². The number of aromatic nitrogens is 3. The summed E-state index contributed by atoms with van der Waals surface area (Å²) in [6.07, 6.45) is -4.63. The fourth-order valence-corrected chi connectivity index (χ4v) is 2.88. The van der Waals surface area contributed by atoms with E-state index in [1.807, 2.05) is 0 Å². The maximum atomic E-state index is 13.0. The Morgan fingerprint density at radius 1 is 1.30 bits per heavy atom. The molecule has 146 valence electrons. The van der Waals surface area contributed by atoms with Crippen LogP contribution < -0.4 is 16.0 Å². The first-order valence-corrected chi connectivity index (χ1v) is 9.02. The molecule has 0 atom stereocenters. The van der Waals surface area contributed by atoms with Gasteiger partial charge in [0.15, 0.2) is 0 Å². The van der Waals surface area contributed by atoms with Gasteiger partial charge in [-0.15, -0.1) is 11.8 Å². The number of nitrogens with zero attached hydrogens (tertiary/aromatic N) is 4. The van der Waals surface area contributed by atoms with Crippen LogP contribution in [-0.4, -0.2) is 40.7 Å². The zero-order valence-corrected chi connectivity index (χ0v) is 15.9. The van der Waals surface area contributed by atoms with Crippen molar-refractivity contribution in [3.05, 3.63) is 34.6 Å². The Kier molecular flexibility index (Phi) is 6.71. The van der Waals surface area contributed by atoms with Gasteiger partial charge in [0.2, 0.25) is 17.8 Å². The van der Waals surface area contributed by atoms with Gasteiger partial charge in [0.1, 0.15) is 5.82 Å². The van der Waals surface area contributed by atoms with Crippen molar-refractivity contribution in [2.45, 2.75) is 11.9 Å². The summed E-state index contributed by atoms with van der Waals surface area (Å²) in [5.74, 6) is 0.250. The average Bonchev–Trinajstić information content (AvgIpc) is 2.55. The Morgan fingerprint density at radius 2 is 2.00 bits per heavy atom. The number of amides is 1. The Bertz CT molecular complexity index is 834. The number of nitrogens with one attached hydrogen (secondary N) is 1. The fourth-order valence-electron chi connectivity index (χ4n) is 1.99. The molecule has 0 saturated heterocycles. The molecule has 1 amide bonds. The van der Waals surface area contributed by atoms with E-state index in [0.717, 1.165) is 17.8 Å². The van der Waals surface area contributed by atoms with Crippen molar-refractivity contribution < 1.29 is 18.0 Å². The molecule has 27 heavy (non-hydrogen) atoms. The molecule has 2 rings (SSSR count). The molecule has 1 aromatic heterocycles. The maximum Gasteiger partial charge on any atom is 0.418 e. The highest BCUT2D eigenvalue weighted by molar-refractivity contribution is 7.99. The van der Waals surface area contributed by atoms with E-state index in [1.54, 1.807) is 19.0 Å².